The third-order valence-electron chi connectivity index (χ3n) is 10.3. The standard InChI is InChI=1S/C28H46F4O/c1-28(31,32)17-18-3-5-19(6-4-18)20-7-9-21(10-8-20)22-11-13-23(14-12-22)24-15-16-25(33-2)27(30)26(24)29/h18-27H,3-17H2,1-2H3. The predicted octanol–water partition coefficient (Wildman–Crippen LogP) is 8.55. The second-order valence-electron chi connectivity index (χ2n) is 12.3. The Hall–Kier alpha value is -0.320. The highest BCUT2D eigenvalue weighted by atomic mass is 19.3. The smallest absolute Gasteiger partial charge is 0.245 e. The Morgan fingerprint density at radius 2 is 1.03 bits per heavy atom. The second kappa shape index (κ2) is 11.2. The van der Waals surface area contributed by atoms with Gasteiger partial charge in [0.15, 0.2) is 6.17 Å². The van der Waals surface area contributed by atoms with Gasteiger partial charge >= 0.3 is 0 Å². The monoisotopic (exact) mass is 474 g/mol. The van der Waals surface area contributed by atoms with Crippen molar-refractivity contribution in [2.24, 2.45) is 41.4 Å². The molecule has 33 heavy (non-hydrogen) atoms. The Morgan fingerprint density at radius 3 is 1.45 bits per heavy atom. The molecule has 4 rings (SSSR count). The zero-order valence-electron chi connectivity index (χ0n) is 20.8. The first-order chi connectivity index (χ1) is 15.7. The molecule has 0 heterocycles. The molecule has 0 bridgehead atoms. The molecule has 0 saturated heterocycles. The summed E-state index contributed by atoms with van der Waals surface area (Å²) in [4.78, 5) is 0. The third kappa shape index (κ3) is 6.47. The van der Waals surface area contributed by atoms with E-state index in [4.69, 9.17) is 4.74 Å². The van der Waals surface area contributed by atoms with Gasteiger partial charge in [0.05, 0.1) is 6.10 Å². The normalized spacial score (nSPS) is 45.6. The quantitative estimate of drug-likeness (QED) is 0.350. The minimum absolute atomic E-state index is 0.0676. The maximum Gasteiger partial charge on any atom is 0.245 e. The van der Waals surface area contributed by atoms with E-state index in [0.717, 1.165) is 75.5 Å². The first-order valence-corrected chi connectivity index (χ1v) is 13.9. The third-order valence-corrected chi connectivity index (χ3v) is 10.3. The number of rotatable bonds is 6. The van der Waals surface area contributed by atoms with Gasteiger partial charge in [0.2, 0.25) is 5.92 Å². The molecule has 0 N–H and O–H groups in total. The van der Waals surface area contributed by atoms with E-state index in [9.17, 15) is 17.6 Å². The van der Waals surface area contributed by atoms with Crippen LogP contribution in [0, 0.1) is 41.4 Å². The Labute approximate surface area is 198 Å². The first kappa shape index (κ1) is 25.8. The summed E-state index contributed by atoms with van der Waals surface area (Å²) in [6.45, 7) is 1.06. The van der Waals surface area contributed by atoms with Crippen molar-refractivity contribution in [2.75, 3.05) is 7.11 Å². The van der Waals surface area contributed by atoms with Gasteiger partial charge in [-0.3, -0.25) is 0 Å². The predicted molar refractivity (Wildman–Crippen MR) is 125 cm³/mol. The highest BCUT2D eigenvalue weighted by Crippen LogP contribution is 2.49. The summed E-state index contributed by atoms with van der Waals surface area (Å²) in [5.74, 6) is 1.03. The number of methoxy groups -OCH3 is 1. The zero-order valence-corrected chi connectivity index (χ0v) is 20.8. The van der Waals surface area contributed by atoms with Crippen LogP contribution in [0.1, 0.15) is 103 Å². The second-order valence-corrected chi connectivity index (χ2v) is 12.3. The molecule has 1 nitrogen and oxygen atoms in total. The summed E-state index contributed by atoms with van der Waals surface area (Å²) < 4.78 is 60.9. The van der Waals surface area contributed by atoms with Gasteiger partial charge in [0, 0.05) is 13.5 Å². The molecule has 4 aliphatic carbocycles. The van der Waals surface area contributed by atoms with Gasteiger partial charge in [-0.1, -0.05) is 0 Å². The van der Waals surface area contributed by atoms with E-state index in [1.165, 1.54) is 45.6 Å². The molecule has 4 fully saturated rings. The van der Waals surface area contributed by atoms with Crippen LogP contribution in [-0.2, 0) is 4.74 Å². The van der Waals surface area contributed by atoms with Crippen molar-refractivity contribution in [1.82, 2.24) is 0 Å². The van der Waals surface area contributed by atoms with Gasteiger partial charge in [0.1, 0.15) is 6.17 Å². The summed E-state index contributed by atoms with van der Waals surface area (Å²) in [7, 11) is 1.49. The molecule has 4 aliphatic rings. The summed E-state index contributed by atoms with van der Waals surface area (Å²) in [5.41, 5.74) is 0. The molecule has 0 amide bonds. The van der Waals surface area contributed by atoms with Crippen molar-refractivity contribution in [2.45, 2.75) is 128 Å². The molecule has 0 radical (unpaired) electrons. The topological polar surface area (TPSA) is 9.23 Å². The van der Waals surface area contributed by atoms with Crippen LogP contribution >= 0.6 is 0 Å². The Balaban J connectivity index is 1.17. The molecule has 0 aromatic heterocycles. The minimum atomic E-state index is -2.52. The minimum Gasteiger partial charge on any atom is -0.378 e. The number of alkyl halides is 4. The van der Waals surface area contributed by atoms with Gasteiger partial charge in [-0.05, 0) is 138 Å². The number of halogens is 4. The summed E-state index contributed by atoms with van der Waals surface area (Å²) in [6, 6.07) is 0. The molecule has 4 atom stereocenters. The lowest BCUT2D eigenvalue weighted by Gasteiger charge is -2.44. The van der Waals surface area contributed by atoms with E-state index in [-0.39, 0.29) is 18.3 Å². The highest BCUT2D eigenvalue weighted by Gasteiger charge is 2.45. The van der Waals surface area contributed by atoms with E-state index < -0.39 is 24.4 Å². The number of hydrogen-bond donors (Lipinski definition) is 0. The van der Waals surface area contributed by atoms with Crippen molar-refractivity contribution < 1.29 is 22.3 Å². The molecule has 0 spiro atoms. The fourth-order valence-electron chi connectivity index (χ4n) is 8.36. The summed E-state index contributed by atoms with van der Waals surface area (Å²) in [6.07, 6.45) is 12.1. The fraction of sp³-hybridized carbons (Fsp3) is 1.00. The highest BCUT2D eigenvalue weighted by molar-refractivity contribution is 4.94. The van der Waals surface area contributed by atoms with Crippen molar-refractivity contribution in [3.63, 3.8) is 0 Å². The fourth-order valence-corrected chi connectivity index (χ4v) is 8.36. The molecular weight excluding hydrogens is 428 g/mol. The molecular formula is C28H46F4O. The number of hydrogen-bond acceptors (Lipinski definition) is 1. The van der Waals surface area contributed by atoms with Crippen LogP contribution in [0.4, 0.5) is 17.6 Å². The average molecular weight is 475 g/mol. The van der Waals surface area contributed by atoms with Crippen LogP contribution in [0.5, 0.6) is 0 Å². The van der Waals surface area contributed by atoms with E-state index in [1.54, 1.807) is 0 Å². The van der Waals surface area contributed by atoms with E-state index in [1.807, 2.05) is 0 Å². The lowest BCUT2D eigenvalue weighted by Crippen LogP contribution is -2.45. The van der Waals surface area contributed by atoms with Crippen molar-refractivity contribution in [1.29, 1.82) is 0 Å². The maximum absolute atomic E-state index is 14.7. The van der Waals surface area contributed by atoms with Crippen LogP contribution in [0.3, 0.4) is 0 Å². The van der Waals surface area contributed by atoms with Crippen LogP contribution in [0.25, 0.3) is 0 Å². The van der Waals surface area contributed by atoms with Crippen molar-refractivity contribution in [3.05, 3.63) is 0 Å². The Bertz CT molecular complexity index is 583. The largest absolute Gasteiger partial charge is 0.378 e. The number of ether oxygens (including phenoxy) is 1. The Morgan fingerprint density at radius 1 is 0.606 bits per heavy atom. The lowest BCUT2D eigenvalue weighted by atomic mass is 9.63. The Kier molecular flexibility index (Phi) is 8.72. The first-order valence-electron chi connectivity index (χ1n) is 13.9. The van der Waals surface area contributed by atoms with Crippen molar-refractivity contribution in [3.8, 4) is 0 Å². The van der Waals surface area contributed by atoms with Gasteiger partial charge < -0.3 is 4.74 Å². The van der Waals surface area contributed by atoms with E-state index >= 15 is 0 Å². The molecule has 0 aliphatic heterocycles. The molecule has 4 saturated carbocycles. The summed E-state index contributed by atoms with van der Waals surface area (Å²) in [5, 5.41) is 0. The van der Waals surface area contributed by atoms with Gasteiger partial charge in [0.25, 0.3) is 0 Å². The van der Waals surface area contributed by atoms with Crippen LogP contribution in [-0.4, -0.2) is 31.5 Å². The molecule has 0 aromatic carbocycles. The van der Waals surface area contributed by atoms with Gasteiger partial charge in [-0.15, -0.1) is 0 Å². The SMILES string of the molecule is COC1CCC(C2CCC(C3CCC(C4CCC(CC(C)(F)F)CC4)CC3)CC2)C(F)C1F. The molecule has 5 heteroatoms. The molecule has 0 aromatic rings. The van der Waals surface area contributed by atoms with Gasteiger partial charge in [-0.2, -0.15) is 0 Å². The van der Waals surface area contributed by atoms with Crippen LogP contribution in [0.15, 0.2) is 0 Å². The van der Waals surface area contributed by atoms with E-state index in [0.29, 0.717) is 12.3 Å². The van der Waals surface area contributed by atoms with Crippen molar-refractivity contribution >= 4 is 0 Å². The van der Waals surface area contributed by atoms with Crippen LogP contribution in [0.2, 0.25) is 0 Å². The average Bonchev–Trinajstić information content (AvgIpc) is 2.81. The summed E-state index contributed by atoms with van der Waals surface area (Å²) >= 11 is 0. The van der Waals surface area contributed by atoms with E-state index in [2.05, 4.69) is 0 Å². The lowest BCUT2D eigenvalue weighted by molar-refractivity contribution is -0.0730. The van der Waals surface area contributed by atoms with Gasteiger partial charge in [-0.25, -0.2) is 17.6 Å². The molecule has 192 valence electrons. The maximum atomic E-state index is 14.7. The zero-order chi connectivity index (χ0) is 23.6. The van der Waals surface area contributed by atoms with Crippen LogP contribution < -0.4 is 0 Å². The molecule has 4 unspecified atom stereocenters.